The van der Waals surface area contributed by atoms with E-state index in [0.29, 0.717) is 49.6 Å². The second kappa shape index (κ2) is 10.7. The summed E-state index contributed by atoms with van der Waals surface area (Å²) in [6.45, 7) is 0.483. The summed E-state index contributed by atoms with van der Waals surface area (Å²) in [6, 6.07) is 10.6. The van der Waals surface area contributed by atoms with Crippen molar-refractivity contribution in [1.82, 2.24) is 39.9 Å². The number of ether oxygens (including phenoxy) is 1. The smallest absolute Gasteiger partial charge is 0.409 e. The van der Waals surface area contributed by atoms with Crippen molar-refractivity contribution in [3.8, 4) is 22.9 Å². The number of nitrogens with one attached hydrogen (secondary N) is 2. The van der Waals surface area contributed by atoms with E-state index in [1.54, 1.807) is 42.6 Å². The van der Waals surface area contributed by atoms with Gasteiger partial charge in [-0.25, -0.2) is 19.2 Å². The van der Waals surface area contributed by atoms with Gasteiger partial charge in [-0.05, 0) is 36.8 Å². The first-order valence-electron chi connectivity index (χ1n) is 12.3. The fourth-order valence-electron chi connectivity index (χ4n) is 4.99. The van der Waals surface area contributed by atoms with E-state index in [9.17, 15) is 9.59 Å². The molecule has 0 bridgehead atoms. The molecule has 40 heavy (non-hydrogen) atoms. The van der Waals surface area contributed by atoms with Crippen LogP contribution in [0.5, 0.6) is 0 Å². The number of rotatable bonds is 5. The zero-order chi connectivity index (χ0) is 27.8. The van der Waals surface area contributed by atoms with E-state index in [1.807, 2.05) is 4.57 Å². The number of halogens is 2. The van der Waals surface area contributed by atoms with Gasteiger partial charge in [0.15, 0.2) is 5.82 Å². The first-order valence-corrected chi connectivity index (χ1v) is 13.5. The molecule has 1 aromatic carbocycles. The van der Waals surface area contributed by atoms with Crippen molar-refractivity contribution in [1.29, 1.82) is 0 Å². The summed E-state index contributed by atoms with van der Waals surface area (Å²) in [5.41, 5.74) is 2.01. The van der Waals surface area contributed by atoms with Gasteiger partial charge in [-0.3, -0.25) is 14.9 Å². The normalized spacial score (nSPS) is 17.2. The van der Waals surface area contributed by atoms with Crippen LogP contribution in [0.2, 0.25) is 4.34 Å². The Morgan fingerprint density at radius 1 is 1.20 bits per heavy atom. The van der Waals surface area contributed by atoms with Gasteiger partial charge < -0.3 is 19.5 Å². The second-order valence-electron chi connectivity index (χ2n) is 9.22. The molecule has 0 spiro atoms. The number of amides is 2. The summed E-state index contributed by atoms with van der Waals surface area (Å²) < 4.78 is 22.5. The van der Waals surface area contributed by atoms with Gasteiger partial charge in [-0.1, -0.05) is 23.7 Å². The molecule has 5 aromatic rings. The van der Waals surface area contributed by atoms with E-state index < -0.39 is 24.0 Å². The van der Waals surface area contributed by atoms with Crippen molar-refractivity contribution in [3.05, 3.63) is 70.0 Å². The van der Waals surface area contributed by atoms with Crippen LogP contribution in [-0.4, -0.2) is 72.9 Å². The molecule has 5 heterocycles. The summed E-state index contributed by atoms with van der Waals surface area (Å²) in [7, 11) is 1.31. The van der Waals surface area contributed by atoms with Crippen LogP contribution in [0, 0.1) is 5.82 Å². The Kier molecular flexibility index (Phi) is 6.90. The maximum atomic E-state index is 15.1. The topological polar surface area (TPSA) is 131 Å². The van der Waals surface area contributed by atoms with Gasteiger partial charge >= 0.3 is 6.09 Å². The molecule has 11 nitrogen and oxygen atoms in total. The summed E-state index contributed by atoms with van der Waals surface area (Å²) in [6.07, 6.45) is 2.87. The lowest BCUT2D eigenvalue weighted by Gasteiger charge is -2.38. The van der Waals surface area contributed by atoms with Crippen molar-refractivity contribution in [2.24, 2.45) is 0 Å². The molecule has 1 aliphatic heterocycles. The molecule has 6 rings (SSSR count). The first-order chi connectivity index (χ1) is 19.4. The maximum absolute atomic E-state index is 15.1. The van der Waals surface area contributed by atoms with E-state index in [0.717, 1.165) is 0 Å². The summed E-state index contributed by atoms with van der Waals surface area (Å²) in [5.74, 6) is 0.0923. The van der Waals surface area contributed by atoms with E-state index in [1.165, 1.54) is 35.7 Å². The molecule has 0 unspecified atom stereocenters. The van der Waals surface area contributed by atoms with Crippen molar-refractivity contribution < 1.29 is 18.7 Å². The van der Waals surface area contributed by atoms with Crippen LogP contribution in [0.25, 0.3) is 33.9 Å². The zero-order valence-electron chi connectivity index (χ0n) is 21.0. The lowest BCUT2D eigenvalue weighted by Crippen LogP contribution is -2.52. The highest BCUT2D eigenvalue weighted by Gasteiger charge is 2.35. The third-order valence-corrected chi connectivity index (χ3v) is 7.94. The molecule has 0 saturated carbocycles. The molecule has 204 valence electrons. The molecule has 1 aliphatic rings. The van der Waals surface area contributed by atoms with Crippen LogP contribution < -0.4 is 5.32 Å². The number of likely N-dealkylation sites (tertiary alicyclic amines) is 1. The summed E-state index contributed by atoms with van der Waals surface area (Å²) >= 11 is 7.20. The number of methoxy groups -OCH3 is 1. The highest BCUT2D eigenvalue weighted by atomic mass is 35.5. The number of fused-ring (bicyclic) bond motifs is 1. The Balaban J connectivity index is 1.46. The van der Waals surface area contributed by atoms with Gasteiger partial charge in [0, 0.05) is 19.1 Å². The first kappa shape index (κ1) is 25.9. The summed E-state index contributed by atoms with van der Waals surface area (Å²) in [4.78, 5) is 41.1. The number of pyridine rings is 1. The number of nitrogens with zero attached hydrogens (tertiary/aromatic N) is 6. The maximum Gasteiger partial charge on any atom is 0.409 e. The number of piperidine rings is 1. The molecule has 4 aromatic heterocycles. The number of H-pyrrole nitrogens is 1. The monoisotopic (exact) mass is 580 g/mol. The number of carbonyl (C=O) groups is 2. The van der Waals surface area contributed by atoms with Crippen LogP contribution in [0.4, 0.5) is 9.18 Å². The van der Waals surface area contributed by atoms with Gasteiger partial charge in [0.2, 0.25) is 0 Å². The number of aromatic amines is 1. The molecule has 2 atom stereocenters. The number of benzene rings is 1. The Morgan fingerprint density at radius 3 is 2.77 bits per heavy atom. The average Bonchev–Trinajstić information content (AvgIpc) is 3.72. The molecule has 2 amide bonds. The highest BCUT2D eigenvalue weighted by Crippen LogP contribution is 2.35. The van der Waals surface area contributed by atoms with Crippen molar-refractivity contribution >= 4 is 46.0 Å². The third kappa shape index (κ3) is 4.89. The summed E-state index contributed by atoms with van der Waals surface area (Å²) in [5, 5.41) is 9.73. The van der Waals surface area contributed by atoms with Crippen LogP contribution in [0.3, 0.4) is 0 Å². The van der Waals surface area contributed by atoms with Crippen molar-refractivity contribution in [3.63, 3.8) is 0 Å². The number of hydrogen-bond acceptors (Lipinski definition) is 8. The highest BCUT2D eigenvalue weighted by molar-refractivity contribution is 7.18. The number of hydrogen-bond donors (Lipinski definition) is 2. The molecule has 1 saturated heterocycles. The van der Waals surface area contributed by atoms with E-state index in [2.05, 4.69) is 25.5 Å². The average molecular weight is 581 g/mol. The van der Waals surface area contributed by atoms with E-state index in [-0.39, 0.29) is 19.0 Å². The quantitative estimate of drug-likeness (QED) is 0.312. The lowest BCUT2D eigenvalue weighted by atomic mass is 9.99. The molecular weight excluding hydrogens is 559 g/mol. The van der Waals surface area contributed by atoms with Gasteiger partial charge in [0.25, 0.3) is 5.91 Å². The standard InChI is InChI=1S/C26H22ClFN8O3S/c1-39-26(38)35-11-14(32-25(37)21-6-7-22(27)40-21)8-15(12-35)36-20-9-18(23-30-13-31-34-23)29-10-19(20)33-24(36)16-4-2-3-5-17(16)28/h2-7,9-10,13-15H,8,11-12H2,1H3,(H,32,37)(H,30,31,34)/t14-,15+/m0/s1. The van der Waals surface area contributed by atoms with Gasteiger partial charge in [-0.2, -0.15) is 5.10 Å². The van der Waals surface area contributed by atoms with Gasteiger partial charge in [0.05, 0.1) is 39.6 Å². The second-order valence-corrected chi connectivity index (χ2v) is 10.9. The minimum Gasteiger partial charge on any atom is -0.453 e. The predicted octanol–water partition coefficient (Wildman–Crippen LogP) is 4.55. The molecule has 0 radical (unpaired) electrons. The number of aromatic nitrogens is 6. The molecule has 14 heteroatoms. The molecular formula is C26H22ClFN8O3S. The minimum absolute atomic E-state index is 0.237. The Bertz CT molecular complexity index is 1710. The lowest BCUT2D eigenvalue weighted by molar-refractivity contribution is 0.0805. The van der Waals surface area contributed by atoms with Crippen LogP contribution in [0.1, 0.15) is 22.1 Å². The number of imidazole rings is 1. The SMILES string of the molecule is COC(=O)N1C[C@@H](NC(=O)c2ccc(Cl)s2)C[C@@H](n2c(-c3ccccc3F)nc3cnc(-c4ncn[nH]4)cc32)C1. The Morgan fingerprint density at radius 2 is 2.05 bits per heavy atom. The predicted molar refractivity (Wildman–Crippen MR) is 147 cm³/mol. The fraction of sp³-hybridized carbons (Fsp3) is 0.231. The van der Waals surface area contributed by atoms with Crippen LogP contribution >= 0.6 is 22.9 Å². The van der Waals surface area contributed by atoms with E-state index in [4.69, 9.17) is 21.3 Å². The van der Waals surface area contributed by atoms with Gasteiger partial charge in [0.1, 0.15) is 29.2 Å². The molecule has 0 aliphatic carbocycles. The number of thiophene rings is 1. The van der Waals surface area contributed by atoms with Crippen molar-refractivity contribution in [2.75, 3.05) is 20.2 Å². The number of carbonyl (C=O) groups excluding carboxylic acids is 2. The van der Waals surface area contributed by atoms with Gasteiger partial charge in [-0.15, -0.1) is 11.3 Å². The largest absolute Gasteiger partial charge is 0.453 e. The van der Waals surface area contributed by atoms with E-state index >= 15 is 4.39 Å². The van der Waals surface area contributed by atoms with Crippen LogP contribution in [-0.2, 0) is 4.74 Å². The Labute approximate surface area is 236 Å². The third-order valence-electron chi connectivity index (χ3n) is 6.71. The molecule has 2 N–H and O–H groups in total. The Hall–Kier alpha value is -4.36. The fourth-order valence-corrected chi connectivity index (χ4v) is 5.94. The molecule has 1 fully saturated rings. The van der Waals surface area contributed by atoms with Crippen LogP contribution in [0.15, 0.2) is 55.0 Å². The van der Waals surface area contributed by atoms with Crippen molar-refractivity contribution in [2.45, 2.75) is 18.5 Å². The zero-order valence-corrected chi connectivity index (χ0v) is 22.6. The minimum atomic E-state index is -0.538.